The van der Waals surface area contributed by atoms with Crippen molar-refractivity contribution in [3.05, 3.63) is 29.6 Å². The van der Waals surface area contributed by atoms with Gasteiger partial charge in [-0.2, -0.15) is 0 Å². The minimum absolute atomic E-state index is 0.472. The van der Waals surface area contributed by atoms with Gasteiger partial charge in [0.15, 0.2) is 0 Å². The van der Waals surface area contributed by atoms with Gasteiger partial charge < -0.3 is 0 Å². The molecule has 0 N–H and O–H groups in total. The normalized spacial score (nSPS) is 19.1. The Morgan fingerprint density at radius 3 is 2.50 bits per heavy atom. The van der Waals surface area contributed by atoms with Crippen molar-refractivity contribution < 1.29 is 0 Å². The molecule has 1 aromatic heterocycles. The minimum atomic E-state index is 0.472. The highest BCUT2D eigenvalue weighted by molar-refractivity contribution is 5.15. The Kier molecular flexibility index (Phi) is 4.06. The van der Waals surface area contributed by atoms with Crippen LogP contribution in [0.1, 0.15) is 44.9 Å². The molecule has 1 aliphatic heterocycles. The fourth-order valence-electron chi connectivity index (χ4n) is 2.92. The number of hydrogen-bond donors (Lipinski definition) is 0. The summed E-state index contributed by atoms with van der Waals surface area (Å²) >= 11 is 0. The lowest BCUT2D eigenvalue weighted by molar-refractivity contribution is 0.108. The van der Waals surface area contributed by atoms with Gasteiger partial charge in [-0.05, 0) is 61.9 Å². The molecule has 2 heteroatoms. The van der Waals surface area contributed by atoms with Crippen molar-refractivity contribution in [2.75, 3.05) is 13.1 Å². The van der Waals surface area contributed by atoms with Gasteiger partial charge in [0, 0.05) is 18.4 Å². The molecule has 0 amide bonds. The van der Waals surface area contributed by atoms with Crippen molar-refractivity contribution in [2.45, 2.75) is 47.1 Å². The molecule has 0 atom stereocenters. The van der Waals surface area contributed by atoms with E-state index in [4.69, 9.17) is 0 Å². The maximum atomic E-state index is 4.26. The van der Waals surface area contributed by atoms with E-state index in [1.807, 2.05) is 6.20 Å². The van der Waals surface area contributed by atoms with Crippen molar-refractivity contribution in [1.82, 2.24) is 9.88 Å². The van der Waals surface area contributed by atoms with Gasteiger partial charge in [-0.1, -0.05) is 20.8 Å². The molecule has 18 heavy (non-hydrogen) atoms. The number of piperidine rings is 1. The zero-order chi connectivity index (χ0) is 13.2. The van der Waals surface area contributed by atoms with E-state index in [0.717, 1.165) is 18.2 Å². The summed E-state index contributed by atoms with van der Waals surface area (Å²) in [5.41, 5.74) is 2.99. The molecule has 0 radical (unpaired) electrons. The Balaban J connectivity index is 1.87. The Morgan fingerprint density at radius 1 is 1.28 bits per heavy atom. The Morgan fingerprint density at radius 2 is 1.94 bits per heavy atom. The van der Waals surface area contributed by atoms with Crippen LogP contribution >= 0.6 is 0 Å². The van der Waals surface area contributed by atoms with Crippen LogP contribution in [0.5, 0.6) is 0 Å². The van der Waals surface area contributed by atoms with Crippen LogP contribution in [0.2, 0.25) is 0 Å². The third kappa shape index (κ3) is 3.55. The predicted molar refractivity (Wildman–Crippen MR) is 76.4 cm³/mol. The Bertz CT molecular complexity index is 384. The summed E-state index contributed by atoms with van der Waals surface area (Å²) in [6.45, 7) is 12.8. The summed E-state index contributed by atoms with van der Waals surface area (Å²) < 4.78 is 0. The first-order valence-corrected chi connectivity index (χ1v) is 7.09. The molecule has 0 unspecified atom stereocenters. The second kappa shape index (κ2) is 5.40. The number of nitrogens with zero attached hydrogens (tertiary/aromatic N) is 2. The summed E-state index contributed by atoms with van der Waals surface area (Å²) in [7, 11) is 0. The fourth-order valence-corrected chi connectivity index (χ4v) is 2.92. The van der Waals surface area contributed by atoms with Crippen molar-refractivity contribution in [2.24, 2.45) is 11.3 Å². The van der Waals surface area contributed by atoms with Gasteiger partial charge >= 0.3 is 0 Å². The van der Waals surface area contributed by atoms with Crippen LogP contribution in [0.15, 0.2) is 18.3 Å². The molecule has 1 fully saturated rings. The van der Waals surface area contributed by atoms with Crippen molar-refractivity contribution in [3.8, 4) is 0 Å². The first kappa shape index (κ1) is 13.5. The molecule has 100 valence electrons. The van der Waals surface area contributed by atoms with E-state index in [1.165, 1.54) is 31.5 Å². The highest BCUT2D eigenvalue weighted by atomic mass is 15.1. The van der Waals surface area contributed by atoms with E-state index < -0.39 is 0 Å². The smallest absolute Gasteiger partial charge is 0.0375 e. The van der Waals surface area contributed by atoms with Crippen LogP contribution in [0.3, 0.4) is 0 Å². The molecule has 2 nitrogen and oxygen atoms in total. The fraction of sp³-hybridized carbons (Fsp3) is 0.688. The topological polar surface area (TPSA) is 16.1 Å². The van der Waals surface area contributed by atoms with Gasteiger partial charge in [-0.15, -0.1) is 0 Å². The highest BCUT2D eigenvalue weighted by Gasteiger charge is 2.28. The molecule has 0 aromatic carbocycles. The second-order valence-electron chi connectivity index (χ2n) is 6.72. The van der Waals surface area contributed by atoms with E-state index in [2.05, 4.69) is 49.7 Å². The van der Waals surface area contributed by atoms with E-state index in [1.54, 1.807) is 0 Å². The standard InChI is InChI=1S/C16H26N2/c1-13-11-14(5-8-17-13)12-18-9-6-15(7-10-18)16(2,3)4/h5,8,11,15H,6-7,9-10,12H2,1-4H3. The minimum Gasteiger partial charge on any atom is -0.299 e. The SMILES string of the molecule is Cc1cc(CN2CCC(C(C)(C)C)CC2)ccn1. The van der Waals surface area contributed by atoms with Crippen molar-refractivity contribution in [3.63, 3.8) is 0 Å². The third-order valence-corrected chi connectivity index (χ3v) is 4.18. The number of aryl methyl sites for hydroxylation is 1. The molecule has 0 aliphatic carbocycles. The quantitative estimate of drug-likeness (QED) is 0.792. The Hall–Kier alpha value is -0.890. The molecule has 2 heterocycles. The lowest BCUT2D eigenvalue weighted by Gasteiger charge is -2.38. The molecule has 0 saturated carbocycles. The van der Waals surface area contributed by atoms with Gasteiger partial charge in [0.25, 0.3) is 0 Å². The maximum absolute atomic E-state index is 4.26. The maximum Gasteiger partial charge on any atom is 0.0375 e. The number of likely N-dealkylation sites (tertiary alicyclic amines) is 1. The average Bonchev–Trinajstić information content (AvgIpc) is 2.28. The first-order chi connectivity index (χ1) is 8.45. The first-order valence-electron chi connectivity index (χ1n) is 7.09. The largest absolute Gasteiger partial charge is 0.299 e. The van der Waals surface area contributed by atoms with Gasteiger partial charge in [0.2, 0.25) is 0 Å². The highest BCUT2D eigenvalue weighted by Crippen LogP contribution is 2.34. The molecule has 2 rings (SSSR count). The van der Waals surface area contributed by atoms with Gasteiger partial charge in [-0.3, -0.25) is 9.88 Å². The summed E-state index contributed by atoms with van der Waals surface area (Å²) in [6.07, 6.45) is 4.60. The van der Waals surface area contributed by atoms with Crippen LogP contribution in [-0.4, -0.2) is 23.0 Å². The number of aromatic nitrogens is 1. The molecule has 1 aliphatic rings. The van der Waals surface area contributed by atoms with Crippen LogP contribution in [0.25, 0.3) is 0 Å². The molecule has 1 aromatic rings. The van der Waals surface area contributed by atoms with E-state index in [-0.39, 0.29) is 0 Å². The lowest BCUT2D eigenvalue weighted by atomic mass is 9.75. The molecular formula is C16H26N2. The Labute approximate surface area is 111 Å². The monoisotopic (exact) mass is 246 g/mol. The average molecular weight is 246 g/mol. The molecule has 0 bridgehead atoms. The van der Waals surface area contributed by atoms with Gasteiger partial charge in [-0.25, -0.2) is 0 Å². The zero-order valence-electron chi connectivity index (χ0n) is 12.2. The summed E-state index contributed by atoms with van der Waals surface area (Å²) in [5.74, 6) is 0.882. The number of rotatable bonds is 2. The molecular weight excluding hydrogens is 220 g/mol. The van der Waals surface area contributed by atoms with E-state index in [0.29, 0.717) is 5.41 Å². The van der Waals surface area contributed by atoms with Crippen molar-refractivity contribution >= 4 is 0 Å². The van der Waals surface area contributed by atoms with Gasteiger partial charge in [0.05, 0.1) is 0 Å². The third-order valence-electron chi connectivity index (χ3n) is 4.18. The molecule has 1 saturated heterocycles. The molecule has 0 spiro atoms. The van der Waals surface area contributed by atoms with E-state index >= 15 is 0 Å². The summed E-state index contributed by atoms with van der Waals surface area (Å²) in [4.78, 5) is 6.84. The summed E-state index contributed by atoms with van der Waals surface area (Å²) in [6, 6.07) is 4.35. The second-order valence-corrected chi connectivity index (χ2v) is 6.72. The summed E-state index contributed by atoms with van der Waals surface area (Å²) in [5, 5.41) is 0. The predicted octanol–water partition coefficient (Wildman–Crippen LogP) is 3.65. The van der Waals surface area contributed by atoms with Crippen molar-refractivity contribution in [1.29, 1.82) is 0 Å². The van der Waals surface area contributed by atoms with Crippen LogP contribution in [-0.2, 0) is 6.54 Å². The van der Waals surface area contributed by atoms with Gasteiger partial charge in [0.1, 0.15) is 0 Å². The van der Waals surface area contributed by atoms with E-state index in [9.17, 15) is 0 Å². The lowest BCUT2D eigenvalue weighted by Crippen LogP contribution is -2.37. The van der Waals surface area contributed by atoms with Crippen LogP contribution in [0, 0.1) is 18.3 Å². The van der Waals surface area contributed by atoms with Crippen LogP contribution in [0.4, 0.5) is 0 Å². The zero-order valence-corrected chi connectivity index (χ0v) is 12.2. The number of pyridine rings is 1. The number of hydrogen-bond acceptors (Lipinski definition) is 2. The van der Waals surface area contributed by atoms with Crippen LogP contribution < -0.4 is 0 Å².